The second kappa shape index (κ2) is 9.25. The van der Waals surface area contributed by atoms with Crippen LogP contribution in [0.3, 0.4) is 0 Å². The minimum absolute atomic E-state index is 0.0947. The Balaban J connectivity index is 1.10. The molecule has 0 aromatic carbocycles. The van der Waals surface area contributed by atoms with Gasteiger partial charge in [-0.2, -0.15) is 0 Å². The first-order valence-electron chi connectivity index (χ1n) is 12.7. The maximum Gasteiger partial charge on any atom is 0.222 e. The summed E-state index contributed by atoms with van der Waals surface area (Å²) >= 11 is 1.98. The molecule has 5 heterocycles. The Labute approximate surface area is 202 Å². The maximum atomic E-state index is 12.7. The number of amides is 1. The molecule has 0 saturated carbocycles. The quantitative estimate of drug-likeness (QED) is 0.629. The van der Waals surface area contributed by atoms with Crippen molar-refractivity contribution in [2.75, 3.05) is 44.3 Å². The average molecular weight is 495 g/mol. The zero-order chi connectivity index (χ0) is 23.2. The van der Waals surface area contributed by atoms with Gasteiger partial charge in [-0.15, -0.1) is 11.3 Å². The fourth-order valence-electron chi connectivity index (χ4n) is 6.29. The van der Waals surface area contributed by atoms with Crippen LogP contribution in [0.15, 0.2) is 6.07 Å². The molecule has 3 saturated heterocycles. The van der Waals surface area contributed by atoms with Gasteiger partial charge in [-0.3, -0.25) is 4.79 Å². The number of hydrogen-bond acceptors (Lipinski definition) is 6. The molecule has 1 spiro atoms. The number of rotatable bonds is 5. The van der Waals surface area contributed by atoms with E-state index in [1.165, 1.54) is 10.4 Å². The van der Waals surface area contributed by atoms with Crippen LogP contribution in [-0.4, -0.2) is 74.5 Å². The molecule has 0 aliphatic carbocycles. The van der Waals surface area contributed by atoms with Gasteiger partial charge in [0, 0.05) is 60.7 Å². The van der Waals surface area contributed by atoms with E-state index in [1.807, 2.05) is 16.2 Å². The molecular weight excluding hydrogens is 456 g/mol. The van der Waals surface area contributed by atoms with E-state index in [9.17, 15) is 13.2 Å². The van der Waals surface area contributed by atoms with Crippen LogP contribution in [0.4, 0.5) is 0 Å². The van der Waals surface area contributed by atoms with Crippen LogP contribution in [0.5, 0.6) is 0 Å². The molecule has 4 aliphatic heterocycles. The van der Waals surface area contributed by atoms with E-state index in [0.29, 0.717) is 31.2 Å². The van der Waals surface area contributed by atoms with E-state index in [2.05, 4.69) is 24.8 Å². The van der Waals surface area contributed by atoms with Crippen molar-refractivity contribution in [2.24, 2.45) is 11.8 Å². The summed E-state index contributed by atoms with van der Waals surface area (Å²) in [5.74, 6) is 1.50. The maximum absolute atomic E-state index is 12.7. The van der Waals surface area contributed by atoms with Gasteiger partial charge in [0.1, 0.15) is 9.84 Å². The number of nitrogens with zero attached hydrogens (tertiary/aromatic N) is 2. The molecule has 0 bridgehead atoms. The molecule has 1 aromatic rings. The summed E-state index contributed by atoms with van der Waals surface area (Å²) < 4.78 is 29.7. The van der Waals surface area contributed by atoms with Gasteiger partial charge in [-0.05, 0) is 56.6 Å². The number of fused-ring (bicyclic) bond motifs is 2. The lowest BCUT2D eigenvalue weighted by Crippen LogP contribution is -2.57. The largest absolute Gasteiger partial charge is 0.370 e. The first kappa shape index (κ1) is 23.8. The zero-order valence-electron chi connectivity index (χ0n) is 20.1. The number of sulfone groups is 1. The van der Waals surface area contributed by atoms with Gasteiger partial charge in [-0.25, -0.2) is 8.42 Å². The zero-order valence-corrected chi connectivity index (χ0v) is 21.7. The van der Waals surface area contributed by atoms with Gasteiger partial charge in [0.25, 0.3) is 0 Å². The SMILES string of the molecule is CCc1cc2c(s1)CCO[C@@]21CCN(CC2CN(C(=O)CC3CCS(=O)(=O)CC3)C2)[C@@H](C)C1. The van der Waals surface area contributed by atoms with Crippen molar-refractivity contribution in [1.82, 2.24) is 9.80 Å². The third-order valence-corrected chi connectivity index (χ3v) is 11.5. The number of carbonyl (C=O) groups excluding carboxylic acids is 1. The smallest absolute Gasteiger partial charge is 0.222 e. The Morgan fingerprint density at radius 2 is 2.00 bits per heavy atom. The van der Waals surface area contributed by atoms with E-state index in [0.717, 1.165) is 58.5 Å². The Morgan fingerprint density at radius 1 is 1.24 bits per heavy atom. The highest BCUT2D eigenvalue weighted by atomic mass is 32.2. The van der Waals surface area contributed by atoms with E-state index >= 15 is 0 Å². The Morgan fingerprint density at radius 3 is 2.70 bits per heavy atom. The van der Waals surface area contributed by atoms with Gasteiger partial charge < -0.3 is 14.5 Å². The van der Waals surface area contributed by atoms with Crippen LogP contribution in [-0.2, 0) is 37.8 Å². The van der Waals surface area contributed by atoms with Gasteiger partial charge in [0.15, 0.2) is 0 Å². The average Bonchev–Trinajstić information content (AvgIpc) is 3.18. The fourth-order valence-corrected chi connectivity index (χ4v) is 9.05. The molecular formula is C25H38N2O4S2. The first-order valence-corrected chi connectivity index (χ1v) is 15.4. The summed E-state index contributed by atoms with van der Waals surface area (Å²) in [5, 5.41) is 0. The highest BCUT2D eigenvalue weighted by Crippen LogP contribution is 2.46. The predicted octanol–water partition coefficient (Wildman–Crippen LogP) is 3.24. The number of aryl methyl sites for hydroxylation is 1. The number of hydrogen-bond donors (Lipinski definition) is 0. The van der Waals surface area contributed by atoms with Crippen LogP contribution in [0, 0.1) is 11.8 Å². The fraction of sp³-hybridized carbons (Fsp3) is 0.800. The van der Waals surface area contributed by atoms with E-state index in [4.69, 9.17) is 4.74 Å². The minimum atomic E-state index is -2.86. The molecule has 2 atom stereocenters. The van der Waals surface area contributed by atoms with E-state index < -0.39 is 9.84 Å². The van der Waals surface area contributed by atoms with Crippen molar-refractivity contribution in [1.29, 1.82) is 0 Å². The molecule has 0 unspecified atom stereocenters. The summed E-state index contributed by atoms with van der Waals surface area (Å²) in [6.07, 6.45) is 6.09. The molecule has 0 radical (unpaired) electrons. The summed E-state index contributed by atoms with van der Waals surface area (Å²) in [6, 6.07) is 2.89. The predicted molar refractivity (Wildman–Crippen MR) is 131 cm³/mol. The van der Waals surface area contributed by atoms with Crippen molar-refractivity contribution in [2.45, 2.75) is 70.4 Å². The summed E-state index contributed by atoms with van der Waals surface area (Å²) in [4.78, 5) is 20.3. The number of likely N-dealkylation sites (tertiary alicyclic amines) is 2. The lowest BCUT2D eigenvalue weighted by atomic mass is 9.79. The molecule has 0 N–H and O–H groups in total. The molecule has 184 valence electrons. The lowest BCUT2D eigenvalue weighted by Gasteiger charge is -2.50. The van der Waals surface area contributed by atoms with Crippen molar-refractivity contribution < 1.29 is 17.9 Å². The molecule has 6 nitrogen and oxygen atoms in total. The Kier molecular flexibility index (Phi) is 6.66. The number of ether oxygens (including phenoxy) is 1. The molecule has 3 fully saturated rings. The highest BCUT2D eigenvalue weighted by molar-refractivity contribution is 7.91. The normalized spacial score (nSPS) is 30.8. The third-order valence-electron chi connectivity index (χ3n) is 8.40. The van der Waals surface area contributed by atoms with Gasteiger partial charge >= 0.3 is 0 Å². The van der Waals surface area contributed by atoms with E-state index in [-0.39, 0.29) is 28.9 Å². The van der Waals surface area contributed by atoms with Crippen LogP contribution in [0.25, 0.3) is 0 Å². The standard InChI is InChI=1S/C25H38N2O4S2/c1-3-21-13-22-23(32-21)4-9-31-25(22)7-8-26(18(2)14-25)15-20-16-27(17-20)24(28)12-19-5-10-33(29,30)11-6-19/h13,18-20H,3-12,14-17H2,1-2H3/t18-,25+/m0/s1. The molecule has 4 aliphatic rings. The molecule has 5 rings (SSSR count). The van der Waals surface area contributed by atoms with Crippen LogP contribution in [0.2, 0.25) is 0 Å². The van der Waals surface area contributed by atoms with Gasteiger partial charge in [0.05, 0.1) is 23.7 Å². The number of thiophene rings is 1. The Hall–Kier alpha value is -0.960. The molecule has 8 heteroatoms. The van der Waals surface area contributed by atoms with Crippen molar-refractivity contribution in [3.63, 3.8) is 0 Å². The van der Waals surface area contributed by atoms with Crippen molar-refractivity contribution >= 4 is 27.1 Å². The topological polar surface area (TPSA) is 66.9 Å². The minimum Gasteiger partial charge on any atom is -0.370 e. The number of carbonyl (C=O) groups is 1. The van der Waals surface area contributed by atoms with Crippen LogP contribution in [0.1, 0.15) is 61.3 Å². The summed E-state index contributed by atoms with van der Waals surface area (Å²) in [7, 11) is -2.86. The van der Waals surface area contributed by atoms with Crippen LogP contribution >= 0.6 is 11.3 Å². The summed E-state index contributed by atoms with van der Waals surface area (Å²) in [6.45, 7) is 9.23. The van der Waals surface area contributed by atoms with Crippen molar-refractivity contribution in [3.05, 3.63) is 21.4 Å². The second-order valence-electron chi connectivity index (χ2n) is 10.8. The second-order valence-corrected chi connectivity index (χ2v) is 14.3. The van der Waals surface area contributed by atoms with Gasteiger partial charge in [-0.1, -0.05) is 6.92 Å². The Bertz CT molecular complexity index is 971. The summed E-state index contributed by atoms with van der Waals surface area (Å²) in [5.41, 5.74) is 1.38. The van der Waals surface area contributed by atoms with Gasteiger partial charge in [0.2, 0.25) is 5.91 Å². The third kappa shape index (κ3) is 4.91. The van der Waals surface area contributed by atoms with E-state index in [1.54, 1.807) is 4.88 Å². The monoisotopic (exact) mass is 494 g/mol. The number of piperidine rings is 1. The first-order chi connectivity index (χ1) is 15.8. The lowest BCUT2D eigenvalue weighted by molar-refractivity contribution is -0.140. The molecule has 1 amide bonds. The van der Waals surface area contributed by atoms with Crippen molar-refractivity contribution in [3.8, 4) is 0 Å². The van der Waals surface area contributed by atoms with Crippen LogP contribution < -0.4 is 0 Å². The molecule has 33 heavy (non-hydrogen) atoms. The highest BCUT2D eigenvalue weighted by Gasteiger charge is 2.45. The molecule has 1 aromatic heterocycles.